The number of nitrogens with zero attached hydrogens (tertiary/aromatic N) is 1. The summed E-state index contributed by atoms with van der Waals surface area (Å²) in [6.07, 6.45) is 0.254. The maximum absolute atomic E-state index is 13.1. The SMILES string of the molecule is CC(C)(C(=O)Cc1ccc(F)c(Cl)c1)N1CCOCC1. The molecule has 0 saturated carbocycles. The van der Waals surface area contributed by atoms with Crippen molar-refractivity contribution in [2.45, 2.75) is 25.8 Å². The number of hydrogen-bond donors (Lipinski definition) is 0. The van der Waals surface area contributed by atoms with Crippen molar-refractivity contribution >= 4 is 17.4 Å². The van der Waals surface area contributed by atoms with Crippen molar-refractivity contribution in [3.8, 4) is 0 Å². The highest BCUT2D eigenvalue weighted by Gasteiger charge is 2.34. The smallest absolute Gasteiger partial charge is 0.156 e. The minimum Gasteiger partial charge on any atom is -0.379 e. The van der Waals surface area contributed by atoms with Gasteiger partial charge in [0, 0.05) is 19.5 Å². The van der Waals surface area contributed by atoms with Crippen LogP contribution >= 0.6 is 11.6 Å². The molecule has 0 radical (unpaired) electrons. The molecule has 1 aromatic carbocycles. The highest BCUT2D eigenvalue weighted by atomic mass is 35.5. The van der Waals surface area contributed by atoms with Gasteiger partial charge in [-0.2, -0.15) is 0 Å². The summed E-state index contributed by atoms with van der Waals surface area (Å²) in [6, 6.07) is 4.42. The second-order valence-electron chi connectivity index (χ2n) is 5.51. The Morgan fingerprint density at radius 2 is 2.05 bits per heavy atom. The van der Waals surface area contributed by atoms with Crippen molar-refractivity contribution in [2.24, 2.45) is 0 Å². The van der Waals surface area contributed by atoms with Crippen molar-refractivity contribution in [1.82, 2.24) is 4.90 Å². The number of carbonyl (C=O) groups excluding carboxylic acids is 1. The standard InChI is InChI=1S/C15H19ClFNO2/c1-15(2,18-5-7-20-8-6-18)14(19)10-11-3-4-13(17)12(16)9-11/h3-4,9H,5-8,10H2,1-2H3. The van der Waals surface area contributed by atoms with Gasteiger partial charge in [0.1, 0.15) is 5.82 Å². The Bertz CT molecular complexity index is 499. The van der Waals surface area contributed by atoms with E-state index in [1.54, 1.807) is 6.07 Å². The van der Waals surface area contributed by atoms with Crippen LogP contribution < -0.4 is 0 Å². The average molecular weight is 300 g/mol. The van der Waals surface area contributed by atoms with Crippen LogP contribution in [0.25, 0.3) is 0 Å². The maximum atomic E-state index is 13.1. The fourth-order valence-electron chi connectivity index (χ4n) is 2.35. The number of ether oxygens (including phenoxy) is 1. The number of benzene rings is 1. The quantitative estimate of drug-likeness (QED) is 0.856. The van der Waals surface area contributed by atoms with E-state index in [0.717, 1.165) is 18.7 Å². The minimum absolute atomic E-state index is 0.0551. The molecule has 1 fully saturated rings. The van der Waals surface area contributed by atoms with Crippen LogP contribution in [0.2, 0.25) is 5.02 Å². The summed E-state index contributed by atoms with van der Waals surface area (Å²) < 4.78 is 18.4. The van der Waals surface area contributed by atoms with Crippen LogP contribution in [0.4, 0.5) is 4.39 Å². The molecule has 1 heterocycles. The summed E-state index contributed by atoms with van der Waals surface area (Å²) in [4.78, 5) is 14.6. The number of hydrogen-bond acceptors (Lipinski definition) is 3. The number of ketones is 1. The van der Waals surface area contributed by atoms with Crippen LogP contribution in [-0.2, 0) is 16.0 Å². The molecule has 0 aliphatic carbocycles. The number of morpholine rings is 1. The maximum Gasteiger partial charge on any atom is 0.156 e. The lowest BCUT2D eigenvalue weighted by Crippen LogP contribution is -2.54. The van der Waals surface area contributed by atoms with Gasteiger partial charge in [-0.05, 0) is 31.5 Å². The zero-order valence-electron chi connectivity index (χ0n) is 11.8. The number of Topliss-reactive ketones (excluding diaryl/α,β-unsaturated/α-hetero) is 1. The zero-order valence-corrected chi connectivity index (χ0v) is 12.5. The predicted octanol–water partition coefficient (Wildman–Crippen LogP) is 2.70. The van der Waals surface area contributed by atoms with Gasteiger partial charge in [-0.15, -0.1) is 0 Å². The largest absolute Gasteiger partial charge is 0.379 e. The van der Waals surface area contributed by atoms with Crippen molar-refractivity contribution in [1.29, 1.82) is 0 Å². The lowest BCUT2D eigenvalue weighted by molar-refractivity contribution is -0.131. The van der Waals surface area contributed by atoms with Gasteiger partial charge in [0.2, 0.25) is 0 Å². The van der Waals surface area contributed by atoms with Crippen LogP contribution in [-0.4, -0.2) is 42.5 Å². The van der Waals surface area contributed by atoms with Gasteiger partial charge in [0.15, 0.2) is 5.78 Å². The van der Waals surface area contributed by atoms with Crippen LogP contribution in [0.5, 0.6) is 0 Å². The summed E-state index contributed by atoms with van der Waals surface area (Å²) in [6.45, 7) is 6.65. The first-order valence-electron chi connectivity index (χ1n) is 6.71. The lowest BCUT2D eigenvalue weighted by atomic mass is 9.91. The number of halogens is 2. The molecule has 2 rings (SSSR count). The van der Waals surface area contributed by atoms with Crippen LogP contribution in [0.1, 0.15) is 19.4 Å². The molecule has 0 atom stereocenters. The summed E-state index contributed by atoms with van der Waals surface area (Å²) in [7, 11) is 0. The van der Waals surface area contributed by atoms with Gasteiger partial charge < -0.3 is 4.74 Å². The molecule has 0 amide bonds. The van der Waals surface area contributed by atoms with Gasteiger partial charge >= 0.3 is 0 Å². The molecule has 1 aliphatic heterocycles. The Balaban J connectivity index is 2.07. The zero-order chi connectivity index (χ0) is 14.8. The third kappa shape index (κ3) is 3.37. The third-order valence-corrected chi connectivity index (χ3v) is 4.12. The highest BCUT2D eigenvalue weighted by molar-refractivity contribution is 6.30. The average Bonchev–Trinajstić information content (AvgIpc) is 2.44. The van der Waals surface area contributed by atoms with Crippen molar-refractivity contribution in [3.05, 3.63) is 34.6 Å². The Morgan fingerprint density at radius 1 is 1.40 bits per heavy atom. The van der Waals surface area contributed by atoms with E-state index in [-0.39, 0.29) is 17.2 Å². The molecule has 110 valence electrons. The predicted molar refractivity (Wildman–Crippen MR) is 76.6 cm³/mol. The molecule has 3 nitrogen and oxygen atoms in total. The van der Waals surface area contributed by atoms with Crippen molar-refractivity contribution in [2.75, 3.05) is 26.3 Å². The van der Waals surface area contributed by atoms with Crippen molar-refractivity contribution < 1.29 is 13.9 Å². The van der Waals surface area contributed by atoms with E-state index < -0.39 is 11.4 Å². The molecule has 5 heteroatoms. The van der Waals surface area contributed by atoms with E-state index in [1.165, 1.54) is 12.1 Å². The summed E-state index contributed by atoms with van der Waals surface area (Å²) in [5.41, 5.74) is 0.188. The summed E-state index contributed by atoms with van der Waals surface area (Å²) in [5, 5.41) is 0.0551. The topological polar surface area (TPSA) is 29.5 Å². The van der Waals surface area contributed by atoms with Crippen LogP contribution in [0.3, 0.4) is 0 Å². The number of rotatable bonds is 4. The molecule has 0 spiro atoms. The first kappa shape index (κ1) is 15.4. The van der Waals surface area contributed by atoms with Crippen molar-refractivity contribution in [3.63, 3.8) is 0 Å². The normalized spacial score (nSPS) is 17.2. The van der Waals surface area contributed by atoms with Gasteiger partial charge in [-0.3, -0.25) is 9.69 Å². The van der Waals surface area contributed by atoms with E-state index in [9.17, 15) is 9.18 Å². The third-order valence-electron chi connectivity index (χ3n) is 3.83. The molecule has 1 saturated heterocycles. The first-order valence-corrected chi connectivity index (χ1v) is 7.09. The van der Waals surface area contributed by atoms with E-state index >= 15 is 0 Å². The molecular weight excluding hydrogens is 281 g/mol. The van der Waals surface area contributed by atoms with E-state index in [4.69, 9.17) is 16.3 Å². The highest BCUT2D eigenvalue weighted by Crippen LogP contribution is 2.22. The second-order valence-corrected chi connectivity index (χ2v) is 5.91. The van der Waals surface area contributed by atoms with Gasteiger partial charge in [-0.25, -0.2) is 4.39 Å². The monoisotopic (exact) mass is 299 g/mol. The second kappa shape index (κ2) is 6.20. The molecule has 0 aromatic heterocycles. The minimum atomic E-state index is -0.551. The molecule has 0 N–H and O–H groups in total. The van der Waals surface area contributed by atoms with Gasteiger partial charge in [-0.1, -0.05) is 17.7 Å². The van der Waals surface area contributed by atoms with E-state index in [2.05, 4.69) is 4.90 Å². The lowest BCUT2D eigenvalue weighted by Gasteiger charge is -2.39. The fourth-order valence-corrected chi connectivity index (χ4v) is 2.55. The van der Waals surface area contributed by atoms with Gasteiger partial charge in [0.05, 0.1) is 23.8 Å². The Morgan fingerprint density at radius 3 is 2.65 bits per heavy atom. The van der Waals surface area contributed by atoms with Gasteiger partial charge in [0.25, 0.3) is 0 Å². The Hall–Kier alpha value is -0.970. The van der Waals surface area contributed by atoms with E-state index in [0.29, 0.717) is 13.2 Å². The molecule has 20 heavy (non-hydrogen) atoms. The molecule has 0 unspecified atom stereocenters. The molecule has 1 aromatic rings. The Kier molecular flexibility index (Phi) is 4.78. The molecule has 1 aliphatic rings. The van der Waals surface area contributed by atoms with Crippen LogP contribution in [0.15, 0.2) is 18.2 Å². The molecule has 0 bridgehead atoms. The van der Waals surface area contributed by atoms with Crippen LogP contribution in [0, 0.1) is 5.82 Å². The number of carbonyl (C=O) groups is 1. The fraction of sp³-hybridized carbons (Fsp3) is 0.533. The summed E-state index contributed by atoms with van der Waals surface area (Å²) in [5.74, 6) is -0.364. The summed E-state index contributed by atoms with van der Waals surface area (Å²) >= 11 is 5.75. The van der Waals surface area contributed by atoms with E-state index in [1.807, 2.05) is 13.8 Å². The first-order chi connectivity index (χ1) is 9.41. The Labute approximate surface area is 123 Å². The molecular formula is C15H19ClFNO2.